The Bertz CT molecular complexity index is 392. The van der Waals surface area contributed by atoms with Gasteiger partial charge in [0.15, 0.2) is 0 Å². The fraction of sp³-hybridized carbons (Fsp3) is 0.364. The molecule has 2 rings (SSSR count). The van der Waals surface area contributed by atoms with Crippen LogP contribution in [-0.2, 0) is 13.0 Å². The van der Waals surface area contributed by atoms with Crippen molar-refractivity contribution in [2.24, 2.45) is 0 Å². The first-order valence-electron chi connectivity index (χ1n) is 5.08. The Morgan fingerprint density at radius 1 is 1.53 bits per heavy atom. The predicted octanol–water partition coefficient (Wildman–Crippen LogP) is 2.11. The summed E-state index contributed by atoms with van der Waals surface area (Å²) >= 11 is 1.78. The van der Waals surface area contributed by atoms with Crippen LogP contribution in [0, 0.1) is 6.92 Å². The molecule has 0 aliphatic carbocycles. The highest BCUT2D eigenvalue weighted by atomic mass is 32.1. The molecule has 80 valence electrons. The molecule has 3 nitrogen and oxygen atoms in total. The van der Waals surface area contributed by atoms with Crippen LogP contribution in [0.4, 0.5) is 0 Å². The molecule has 0 unspecified atom stereocenters. The molecule has 0 spiro atoms. The summed E-state index contributed by atoms with van der Waals surface area (Å²) in [5.74, 6) is 0. The summed E-state index contributed by atoms with van der Waals surface area (Å²) in [5.41, 5.74) is 1.30. The summed E-state index contributed by atoms with van der Waals surface area (Å²) in [6, 6.07) is 2.09. The van der Waals surface area contributed by atoms with Crippen LogP contribution in [0.25, 0.3) is 0 Å². The van der Waals surface area contributed by atoms with E-state index in [9.17, 15) is 0 Å². The van der Waals surface area contributed by atoms with Gasteiger partial charge in [0.05, 0.1) is 5.01 Å². The number of nitrogens with one attached hydrogen (secondary N) is 2. The third-order valence-corrected chi connectivity index (χ3v) is 3.18. The molecule has 4 heteroatoms. The summed E-state index contributed by atoms with van der Waals surface area (Å²) < 4.78 is 0. The average Bonchev–Trinajstić information content (AvgIpc) is 2.84. The van der Waals surface area contributed by atoms with Gasteiger partial charge in [0.2, 0.25) is 0 Å². The van der Waals surface area contributed by atoms with Crippen LogP contribution in [0.15, 0.2) is 24.7 Å². The minimum atomic E-state index is 0.932. The molecule has 2 heterocycles. The van der Waals surface area contributed by atoms with Crippen LogP contribution in [0.1, 0.15) is 15.4 Å². The zero-order valence-electron chi connectivity index (χ0n) is 8.79. The number of aryl methyl sites for hydroxylation is 1. The predicted molar refractivity (Wildman–Crippen MR) is 63.1 cm³/mol. The first kappa shape index (κ1) is 10.4. The Hall–Kier alpha value is -1.13. The maximum absolute atomic E-state index is 4.23. The maximum Gasteiger partial charge on any atom is 0.0896 e. The van der Waals surface area contributed by atoms with E-state index in [0.717, 1.165) is 24.5 Å². The zero-order chi connectivity index (χ0) is 10.5. The standard InChI is InChI=1S/C11H15N3S/c1-9-14-8-11(15-9)3-5-13-7-10-2-4-12-6-10/h2,4,6,8,12-13H,3,5,7H2,1H3. The quantitative estimate of drug-likeness (QED) is 0.759. The van der Waals surface area contributed by atoms with Crippen molar-refractivity contribution in [3.63, 3.8) is 0 Å². The van der Waals surface area contributed by atoms with Crippen molar-refractivity contribution in [2.75, 3.05) is 6.54 Å². The van der Waals surface area contributed by atoms with E-state index >= 15 is 0 Å². The lowest BCUT2D eigenvalue weighted by Crippen LogP contribution is -2.15. The van der Waals surface area contributed by atoms with E-state index in [1.54, 1.807) is 11.3 Å². The number of aromatic amines is 1. The minimum absolute atomic E-state index is 0.932. The van der Waals surface area contributed by atoms with Gasteiger partial charge >= 0.3 is 0 Å². The first-order chi connectivity index (χ1) is 7.34. The van der Waals surface area contributed by atoms with E-state index in [2.05, 4.69) is 21.4 Å². The zero-order valence-corrected chi connectivity index (χ0v) is 9.60. The molecule has 0 amide bonds. The highest BCUT2D eigenvalue weighted by molar-refractivity contribution is 7.11. The van der Waals surface area contributed by atoms with Crippen LogP contribution in [-0.4, -0.2) is 16.5 Å². The van der Waals surface area contributed by atoms with Gasteiger partial charge in [-0.15, -0.1) is 11.3 Å². The van der Waals surface area contributed by atoms with E-state index in [-0.39, 0.29) is 0 Å². The number of thiazole rings is 1. The molecular formula is C11H15N3S. The monoisotopic (exact) mass is 221 g/mol. The SMILES string of the molecule is Cc1ncc(CCNCc2cc[nH]c2)s1. The molecule has 0 saturated heterocycles. The number of hydrogen-bond donors (Lipinski definition) is 2. The molecule has 0 radical (unpaired) electrons. The molecule has 0 atom stereocenters. The molecule has 0 aliphatic rings. The Morgan fingerprint density at radius 2 is 2.47 bits per heavy atom. The lowest BCUT2D eigenvalue weighted by molar-refractivity contribution is 0.691. The Morgan fingerprint density at radius 3 is 3.13 bits per heavy atom. The van der Waals surface area contributed by atoms with Gasteiger partial charge in [-0.1, -0.05) is 0 Å². The van der Waals surface area contributed by atoms with Crippen molar-refractivity contribution >= 4 is 11.3 Å². The first-order valence-corrected chi connectivity index (χ1v) is 5.90. The second-order valence-electron chi connectivity index (χ2n) is 3.49. The van der Waals surface area contributed by atoms with Crippen LogP contribution >= 0.6 is 11.3 Å². The number of aromatic nitrogens is 2. The highest BCUT2D eigenvalue weighted by Gasteiger charge is 1.97. The molecule has 0 aliphatic heterocycles. The summed E-state index contributed by atoms with van der Waals surface area (Å²) in [5, 5.41) is 4.55. The van der Waals surface area contributed by atoms with Gasteiger partial charge in [0.1, 0.15) is 0 Å². The molecule has 0 bridgehead atoms. The lowest BCUT2D eigenvalue weighted by Gasteiger charge is -2.00. The minimum Gasteiger partial charge on any atom is -0.367 e. The summed E-state index contributed by atoms with van der Waals surface area (Å²) in [7, 11) is 0. The molecular weight excluding hydrogens is 206 g/mol. The van der Waals surface area contributed by atoms with E-state index in [0.29, 0.717) is 0 Å². The molecule has 0 fully saturated rings. The molecule has 15 heavy (non-hydrogen) atoms. The van der Waals surface area contributed by atoms with Gasteiger partial charge in [-0.2, -0.15) is 0 Å². The molecule has 2 N–H and O–H groups in total. The summed E-state index contributed by atoms with van der Waals surface area (Å²) in [6.07, 6.45) is 7.00. The topological polar surface area (TPSA) is 40.7 Å². The van der Waals surface area contributed by atoms with Crippen LogP contribution < -0.4 is 5.32 Å². The second-order valence-corrected chi connectivity index (χ2v) is 4.81. The smallest absolute Gasteiger partial charge is 0.0896 e. The van der Waals surface area contributed by atoms with E-state index in [4.69, 9.17) is 0 Å². The number of hydrogen-bond acceptors (Lipinski definition) is 3. The van der Waals surface area contributed by atoms with Gasteiger partial charge in [0.25, 0.3) is 0 Å². The van der Waals surface area contributed by atoms with Gasteiger partial charge in [-0.3, -0.25) is 0 Å². The Balaban J connectivity index is 1.67. The lowest BCUT2D eigenvalue weighted by atomic mass is 10.3. The molecule has 0 aromatic carbocycles. The van der Waals surface area contributed by atoms with Gasteiger partial charge in [-0.25, -0.2) is 4.98 Å². The van der Waals surface area contributed by atoms with E-state index < -0.39 is 0 Å². The largest absolute Gasteiger partial charge is 0.367 e. The van der Waals surface area contributed by atoms with Gasteiger partial charge in [0, 0.05) is 36.6 Å². The number of nitrogens with zero attached hydrogens (tertiary/aromatic N) is 1. The second kappa shape index (κ2) is 5.09. The average molecular weight is 221 g/mol. The fourth-order valence-corrected chi connectivity index (χ4v) is 2.23. The van der Waals surface area contributed by atoms with Crippen molar-refractivity contribution in [3.05, 3.63) is 40.1 Å². The van der Waals surface area contributed by atoms with E-state index in [1.165, 1.54) is 10.4 Å². The summed E-state index contributed by atoms with van der Waals surface area (Å²) in [6.45, 7) is 3.98. The van der Waals surface area contributed by atoms with Crippen molar-refractivity contribution in [3.8, 4) is 0 Å². The van der Waals surface area contributed by atoms with Crippen LogP contribution in [0.3, 0.4) is 0 Å². The fourth-order valence-electron chi connectivity index (χ4n) is 1.43. The van der Waals surface area contributed by atoms with Gasteiger partial charge < -0.3 is 10.3 Å². The molecule has 0 saturated carbocycles. The van der Waals surface area contributed by atoms with Crippen molar-refractivity contribution in [1.82, 2.24) is 15.3 Å². The Kier molecular flexibility index (Phi) is 3.53. The van der Waals surface area contributed by atoms with Crippen LogP contribution in [0.5, 0.6) is 0 Å². The van der Waals surface area contributed by atoms with Crippen molar-refractivity contribution in [2.45, 2.75) is 19.9 Å². The molecule has 2 aromatic rings. The Labute approximate surface area is 93.6 Å². The highest BCUT2D eigenvalue weighted by Crippen LogP contribution is 2.11. The normalized spacial score (nSPS) is 10.7. The van der Waals surface area contributed by atoms with E-state index in [1.807, 2.05) is 25.5 Å². The van der Waals surface area contributed by atoms with Crippen LogP contribution in [0.2, 0.25) is 0 Å². The third-order valence-electron chi connectivity index (χ3n) is 2.21. The number of H-pyrrole nitrogens is 1. The molecule has 2 aromatic heterocycles. The van der Waals surface area contributed by atoms with Crippen molar-refractivity contribution in [1.29, 1.82) is 0 Å². The van der Waals surface area contributed by atoms with Crippen molar-refractivity contribution < 1.29 is 0 Å². The third kappa shape index (κ3) is 3.18. The van der Waals surface area contributed by atoms with Gasteiger partial charge in [-0.05, 0) is 25.0 Å². The number of rotatable bonds is 5. The maximum atomic E-state index is 4.23. The summed E-state index contributed by atoms with van der Waals surface area (Å²) in [4.78, 5) is 8.63.